The van der Waals surface area contributed by atoms with Crippen molar-refractivity contribution >= 4 is 11.9 Å². The van der Waals surface area contributed by atoms with Gasteiger partial charge in [0.1, 0.15) is 18.2 Å². The van der Waals surface area contributed by atoms with Gasteiger partial charge in [-0.3, -0.25) is 4.79 Å². The van der Waals surface area contributed by atoms with Gasteiger partial charge in [-0.1, -0.05) is 0 Å². The first-order valence-electron chi connectivity index (χ1n) is 5.38. The SMILES string of the molecule is COc1ccc(F)cc1CC(=O)NC(CF)C(=O)O. The topological polar surface area (TPSA) is 75.6 Å². The zero-order chi connectivity index (χ0) is 14.4. The fourth-order valence-corrected chi connectivity index (χ4v) is 1.47. The number of amides is 1. The predicted octanol–water partition coefficient (Wildman–Crippen LogP) is 0.916. The lowest BCUT2D eigenvalue weighted by Gasteiger charge is -2.12. The van der Waals surface area contributed by atoms with Crippen molar-refractivity contribution in [3.8, 4) is 5.75 Å². The summed E-state index contributed by atoms with van der Waals surface area (Å²) in [7, 11) is 1.36. The van der Waals surface area contributed by atoms with E-state index in [4.69, 9.17) is 9.84 Å². The molecule has 0 fully saturated rings. The lowest BCUT2D eigenvalue weighted by atomic mass is 10.1. The number of alkyl halides is 1. The molecular weight excluding hydrogens is 260 g/mol. The summed E-state index contributed by atoms with van der Waals surface area (Å²) in [6, 6.07) is 2.01. The van der Waals surface area contributed by atoms with Crippen LogP contribution in [0.5, 0.6) is 5.75 Å². The molecule has 0 bridgehead atoms. The van der Waals surface area contributed by atoms with Crippen LogP contribution in [0.3, 0.4) is 0 Å². The average molecular weight is 273 g/mol. The van der Waals surface area contributed by atoms with Crippen molar-refractivity contribution in [3.63, 3.8) is 0 Å². The lowest BCUT2D eigenvalue weighted by molar-refractivity contribution is -0.142. The monoisotopic (exact) mass is 273 g/mol. The molecule has 7 heteroatoms. The van der Waals surface area contributed by atoms with Crippen LogP contribution in [0.4, 0.5) is 8.78 Å². The maximum Gasteiger partial charge on any atom is 0.328 e. The Balaban J connectivity index is 2.76. The summed E-state index contributed by atoms with van der Waals surface area (Å²) < 4.78 is 30.3. The van der Waals surface area contributed by atoms with Gasteiger partial charge in [-0.15, -0.1) is 0 Å². The lowest BCUT2D eigenvalue weighted by Crippen LogP contribution is -2.43. The van der Waals surface area contributed by atoms with Crippen LogP contribution >= 0.6 is 0 Å². The molecule has 0 heterocycles. The largest absolute Gasteiger partial charge is 0.496 e. The van der Waals surface area contributed by atoms with Crippen molar-refractivity contribution in [2.24, 2.45) is 0 Å². The molecule has 0 aliphatic heterocycles. The van der Waals surface area contributed by atoms with Gasteiger partial charge in [0.15, 0.2) is 6.04 Å². The van der Waals surface area contributed by atoms with Crippen molar-refractivity contribution in [1.82, 2.24) is 5.32 Å². The molecule has 1 aromatic carbocycles. The summed E-state index contributed by atoms with van der Waals surface area (Å²) in [6.07, 6.45) is -0.301. The highest BCUT2D eigenvalue weighted by Crippen LogP contribution is 2.19. The molecule has 1 rings (SSSR count). The summed E-state index contributed by atoms with van der Waals surface area (Å²) in [5, 5.41) is 10.6. The van der Waals surface area contributed by atoms with Gasteiger partial charge >= 0.3 is 5.97 Å². The van der Waals surface area contributed by atoms with Crippen molar-refractivity contribution in [2.75, 3.05) is 13.8 Å². The Morgan fingerprint density at radius 2 is 2.16 bits per heavy atom. The van der Waals surface area contributed by atoms with Crippen LogP contribution in [0.2, 0.25) is 0 Å². The second kappa shape index (κ2) is 6.67. The minimum Gasteiger partial charge on any atom is -0.496 e. The standard InChI is InChI=1S/C12H13F2NO4/c1-19-10-3-2-8(14)4-7(10)5-11(16)15-9(6-13)12(17)18/h2-4,9H,5-6H2,1H3,(H,15,16)(H,17,18). The second-order valence-electron chi connectivity index (χ2n) is 3.75. The summed E-state index contributed by atoms with van der Waals surface area (Å²) in [4.78, 5) is 22.1. The Labute approximate surface area is 108 Å². The second-order valence-corrected chi connectivity index (χ2v) is 3.75. The quantitative estimate of drug-likeness (QED) is 0.808. The van der Waals surface area contributed by atoms with Gasteiger partial charge in [0.05, 0.1) is 13.5 Å². The third kappa shape index (κ3) is 4.20. The van der Waals surface area contributed by atoms with Crippen LogP contribution < -0.4 is 10.1 Å². The Kier molecular flexibility index (Phi) is 5.23. The minimum absolute atomic E-state index is 0.253. The van der Waals surface area contributed by atoms with Gasteiger partial charge < -0.3 is 15.2 Å². The van der Waals surface area contributed by atoms with E-state index in [1.165, 1.54) is 19.2 Å². The Morgan fingerprint density at radius 1 is 1.47 bits per heavy atom. The maximum absolute atomic E-state index is 13.0. The number of ether oxygens (including phenoxy) is 1. The van der Waals surface area contributed by atoms with Crippen molar-refractivity contribution in [1.29, 1.82) is 0 Å². The molecule has 2 N–H and O–H groups in total. The first kappa shape index (κ1) is 14.9. The zero-order valence-electron chi connectivity index (χ0n) is 10.2. The van der Waals surface area contributed by atoms with E-state index in [0.29, 0.717) is 5.75 Å². The van der Waals surface area contributed by atoms with Gasteiger partial charge in [-0.25, -0.2) is 13.6 Å². The van der Waals surface area contributed by atoms with E-state index < -0.39 is 30.4 Å². The van der Waals surface area contributed by atoms with E-state index in [1.807, 2.05) is 5.32 Å². The number of rotatable bonds is 6. The number of aliphatic carboxylic acids is 1. The molecular formula is C12H13F2NO4. The number of hydrogen-bond donors (Lipinski definition) is 2. The molecule has 1 aromatic rings. The normalized spacial score (nSPS) is 11.7. The highest BCUT2D eigenvalue weighted by molar-refractivity contribution is 5.85. The average Bonchev–Trinajstić information content (AvgIpc) is 2.35. The van der Waals surface area contributed by atoms with Crippen LogP contribution in [0.25, 0.3) is 0 Å². The van der Waals surface area contributed by atoms with E-state index in [-0.39, 0.29) is 12.0 Å². The smallest absolute Gasteiger partial charge is 0.328 e. The van der Waals surface area contributed by atoms with Gasteiger partial charge in [0, 0.05) is 5.56 Å². The number of carboxylic acids is 1. The number of hydrogen-bond acceptors (Lipinski definition) is 3. The molecule has 5 nitrogen and oxygen atoms in total. The Bertz CT molecular complexity index is 479. The van der Waals surface area contributed by atoms with Crippen molar-refractivity contribution in [3.05, 3.63) is 29.6 Å². The third-order valence-electron chi connectivity index (χ3n) is 2.38. The van der Waals surface area contributed by atoms with Crippen LogP contribution in [0.15, 0.2) is 18.2 Å². The van der Waals surface area contributed by atoms with Crippen LogP contribution in [-0.4, -0.2) is 36.8 Å². The number of halogens is 2. The van der Waals surface area contributed by atoms with Crippen LogP contribution in [-0.2, 0) is 16.0 Å². The Morgan fingerprint density at radius 3 is 2.68 bits per heavy atom. The zero-order valence-corrected chi connectivity index (χ0v) is 10.2. The highest BCUT2D eigenvalue weighted by atomic mass is 19.1. The molecule has 19 heavy (non-hydrogen) atoms. The summed E-state index contributed by atoms with van der Waals surface area (Å²) in [5.74, 6) is -2.46. The number of methoxy groups -OCH3 is 1. The molecule has 0 spiro atoms. The van der Waals surface area contributed by atoms with Gasteiger partial charge in [-0.2, -0.15) is 0 Å². The maximum atomic E-state index is 13.0. The molecule has 0 aromatic heterocycles. The van der Waals surface area contributed by atoms with Crippen LogP contribution in [0.1, 0.15) is 5.56 Å². The summed E-state index contributed by atoms with van der Waals surface area (Å²) >= 11 is 0. The van der Waals surface area contributed by atoms with Crippen molar-refractivity contribution in [2.45, 2.75) is 12.5 Å². The molecule has 1 amide bonds. The molecule has 0 saturated heterocycles. The summed E-state index contributed by atoms with van der Waals surface area (Å²) in [6.45, 7) is -1.22. The molecule has 1 unspecified atom stereocenters. The predicted molar refractivity (Wildman–Crippen MR) is 62.2 cm³/mol. The third-order valence-corrected chi connectivity index (χ3v) is 2.38. The van der Waals surface area contributed by atoms with E-state index in [1.54, 1.807) is 0 Å². The molecule has 0 radical (unpaired) electrons. The van der Waals surface area contributed by atoms with E-state index in [2.05, 4.69) is 0 Å². The first-order chi connectivity index (χ1) is 8.97. The van der Waals surface area contributed by atoms with E-state index in [0.717, 1.165) is 6.07 Å². The molecule has 0 saturated carbocycles. The van der Waals surface area contributed by atoms with E-state index in [9.17, 15) is 18.4 Å². The highest BCUT2D eigenvalue weighted by Gasteiger charge is 2.20. The summed E-state index contributed by atoms with van der Waals surface area (Å²) in [5.41, 5.74) is 0.253. The van der Waals surface area contributed by atoms with Gasteiger partial charge in [-0.05, 0) is 18.2 Å². The Hall–Kier alpha value is -2.18. The van der Waals surface area contributed by atoms with E-state index >= 15 is 0 Å². The van der Waals surface area contributed by atoms with Gasteiger partial charge in [0.25, 0.3) is 0 Å². The minimum atomic E-state index is -1.60. The van der Waals surface area contributed by atoms with Crippen molar-refractivity contribution < 1.29 is 28.2 Å². The molecule has 0 aliphatic rings. The number of carboxylic acid groups (broad SMARTS) is 1. The number of carbonyl (C=O) groups excluding carboxylic acids is 1. The van der Waals surface area contributed by atoms with Gasteiger partial charge in [0.2, 0.25) is 5.91 Å². The molecule has 0 aliphatic carbocycles. The molecule has 1 atom stereocenters. The number of nitrogens with one attached hydrogen (secondary N) is 1. The number of carbonyl (C=O) groups is 2. The molecule has 104 valence electrons. The van der Waals surface area contributed by atoms with Crippen LogP contribution in [0, 0.1) is 5.82 Å². The fourth-order valence-electron chi connectivity index (χ4n) is 1.47. The fraction of sp³-hybridized carbons (Fsp3) is 0.333. The first-order valence-corrected chi connectivity index (χ1v) is 5.38. The number of benzene rings is 1.